The van der Waals surface area contributed by atoms with Crippen LogP contribution in [0.15, 0.2) is 176 Å². The van der Waals surface area contributed by atoms with Crippen molar-refractivity contribution in [2.75, 3.05) is 14.7 Å². The van der Waals surface area contributed by atoms with Crippen molar-refractivity contribution in [2.45, 2.75) is 124 Å². The summed E-state index contributed by atoms with van der Waals surface area (Å²) in [6, 6.07) is 67.3. The van der Waals surface area contributed by atoms with Crippen LogP contribution >= 0.6 is 0 Å². The number of nitrogens with zero attached hydrogens (tertiary/aromatic N) is 3. The number of hydrogen-bond donors (Lipinski definition) is 0. The van der Waals surface area contributed by atoms with Crippen molar-refractivity contribution in [1.82, 2.24) is 0 Å². The summed E-state index contributed by atoms with van der Waals surface area (Å²) in [4.78, 5) is 7.72. The molecular formula is C67H70BN3. The molecule has 11 rings (SSSR count). The van der Waals surface area contributed by atoms with Crippen LogP contribution in [0.25, 0.3) is 11.1 Å². The van der Waals surface area contributed by atoms with E-state index in [2.05, 4.69) is 281 Å². The Morgan fingerprint density at radius 1 is 0.408 bits per heavy atom. The van der Waals surface area contributed by atoms with Crippen molar-refractivity contribution in [3.8, 4) is 11.1 Å². The van der Waals surface area contributed by atoms with Crippen LogP contribution in [0, 0.1) is 0 Å². The molecule has 0 saturated carbocycles. The van der Waals surface area contributed by atoms with Gasteiger partial charge in [0, 0.05) is 45.4 Å². The van der Waals surface area contributed by atoms with Gasteiger partial charge in [0.05, 0.1) is 11.4 Å². The summed E-state index contributed by atoms with van der Waals surface area (Å²) >= 11 is 0. The van der Waals surface area contributed by atoms with E-state index in [9.17, 15) is 0 Å². The minimum absolute atomic E-state index is 0.00662. The smallest absolute Gasteiger partial charge is 0.252 e. The van der Waals surface area contributed by atoms with Gasteiger partial charge in [-0.2, -0.15) is 0 Å². The molecule has 0 spiro atoms. The predicted molar refractivity (Wildman–Crippen MR) is 307 cm³/mol. The van der Waals surface area contributed by atoms with Crippen molar-refractivity contribution in [3.63, 3.8) is 0 Å². The van der Waals surface area contributed by atoms with Crippen molar-refractivity contribution in [3.05, 3.63) is 204 Å². The van der Waals surface area contributed by atoms with Crippen LogP contribution in [-0.2, 0) is 27.1 Å². The van der Waals surface area contributed by atoms with Crippen molar-refractivity contribution >= 4 is 74.3 Å². The summed E-state index contributed by atoms with van der Waals surface area (Å²) in [5.41, 5.74) is 23.8. The molecule has 2 heterocycles. The topological polar surface area (TPSA) is 9.72 Å². The average molecular weight is 928 g/mol. The zero-order valence-electron chi connectivity index (χ0n) is 44.4. The third-order valence-corrected chi connectivity index (χ3v) is 15.9. The van der Waals surface area contributed by atoms with Crippen molar-refractivity contribution in [1.29, 1.82) is 0 Å². The molecule has 356 valence electrons. The Labute approximate surface area is 425 Å². The molecule has 0 aromatic heterocycles. The highest BCUT2D eigenvalue weighted by atomic mass is 15.2. The SMILES string of the molecule is CC(C)(C)c1ccc(N2c3ccc(C(C)(C)C)cc3B3c4cc5c(cc4N(c4ccc(C(C)(C)C)cc4-c4ccccc4)c4cc(N(c6ccccc6)c6ccccc6)cc2c43)C(C)(C)CC5(C)C)cc1. The molecule has 0 amide bonds. The number of hydrogen-bond acceptors (Lipinski definition) is 3. The standard InChI is InChI=1S/C67H70BN3/c1-63(2,3)45-29-33-50(34-30-45)70-58-36-32-47(65(7,8)9)38-55(58)68-56-41-53-54(67(12,13)43-66(53,10)11)42-59(56)71(57-35-31-46(64(4,5)6)37-52(57)44-23-17-14-18-24-44)61-40-51(39-60(70)62(61)68)69(48-25-19-15-20-26-48)49-27-21-16-22-28-49/h14-42H,43H2,1-13H3. The van der Waals surface area contributed by atoms with Crippen LogP contribution in [0.5, 0.6) is 0 Å². The van der Waals surface area contributed by atoms with Gasteiger partial charge in [0.1, 0.15) is 0 Å². The highest BCUT2D eigenvalue weighted by Crippen LogP contribution is 2.55. The summed E-state index contributed by atoms with van der Waals surface area (Å²) in [7, 11) is 0. The summed E-state index contributed by atoms with van der Waals surface area (Å²) in [6.45, 7) is 30.8. The molecular weight excluding hydrogens is 858 g/mol. The lowest BCUT2D eigenvalue weighted by Crippen LogP contribution is -2.61. The Morgan fingerprint density at radius 3 is 1.42 bits per heavy atom. The molecule has 0 fully saturated rings. The predicted octanol–water partition coefficient (Wildman–Crippen LogP) is 16.8. The number of rotatable bonds is 6. The summed E-state index contributed by atoms with van der Waals surface area (Å²) < 4.78 is 0. The van der Waals surface area contributed by atoms with Crippen LogP contribution in [0.1, 0.15) is 124 Å². The molecule has 3 nitrogen and oxygen atoms in total. The van der Waals surface area contributed by atoms with Gasteiger partial charge in [0.15, 0.2) is 0 Å². The normalized spacial score (nSPS) is 15.5. The first-order valence-electron chi connectivity index (χ1n) is 25.9. The van der Waals surface area contributed by atoms with Gasteiger partial charge >= 0.3 is 0 Å². The van der Waals surface area contributed by atoms with Gasteiger partial charge < -0.3 is 14.7 Å². The van der Waals surface area contributed by atoms with E-state index < -0.39 is 0 Å². The van der Waals surface area contributed by atoms with E-state index in [1.54, 1.807) is 0 Å². The van der Waals surface area contributed by atoms with E-state index in [-0.39, 0.29) is 33.8 Å². The largest absolute Gasteiger partial charge is 0.311 e. The molecule has 2 aliphatic heterocycles. The Balaban J connectivity index is 1.32. The lowest BCUT2D eigenvalue weighted by atomic mass is 9.33. The molecule has 0 bridgehead atoms. The molecule has 0 N–H and O–H groups in total. The van der Waals surface area contributed by atoms with Gasteiger partial charge in [0.25, 0.3) is 6.71 Å². The fourth-order valence-electron chi connectivity index (χ4n) is 12.3. The van der Waals surface area contributed by atoms with Gasteiger partial charge in [-0.25, -0.2) is 0 Å². The Morgan fingerprint density at radius 2 is 0.873 bits per heavy atom. The second kappa shape index (κ2) is 16.4. The zero-order valence-corrected chi connectivity index (χ0v) is 44.4. The molecule has 3 aliphatic rings. The molecule has 0 atom stereocenters. The first kappa shape index (κ1) is 46.6. The Bertz CT molecular complexity index is 3290. The maximum atomic E-state index is 2.68. The summed E-state index contributed by atoms with van der Waals surface area (Å²) in [5.74, 6) is 0. The second-order valence-corrected chi connectivity index (χ2v) is 25.1. The Kier molecular flexibility index (Phi) is 10.8. The van der Waals surface area contributed by atoms with Crippen molar-refractivity contribution in [2.24, 2.45) is 0 Å². The number of para-hydroxylation sites is 2. The van der Waals surface area contributed by atoms with Gasteiger partial charge in [-0.1, -0.05) is 193 Å². The fraction of sp³-hybridized carbons (Fsp3) is 0.284. The van der Waals surface area contributed by atoms with E-state index in [0.29, 0.717) is 0 Å². The molecule has 0 radical (unpaired) electrons. The van der Waals surface area contributed by atoms with Gasteiger partial charge in [-0.15, -0.1) is 0 Å². The van der Waals surface area contributed by atoms with Crippen LogP contribution < -0.4 is 31.1 Å². The van der Waals surface area contributed by atoms with Gasteiger partial charge in [-0.05, 0) is 156 Å². The van der Waals surface area contributed by atoms with Gasteiger partial charge in [-0.3, -0.25) is 0 Å². The second-order valence-electron chi connectivity index (χ2n) is 25.1. The van der Waals surface area contributed by atoms with Crippen LogP contribution in [0.2, 0.25) is 0 Å². The number of benzene rings is 8. The average Bonchev–Trinajstić information content (AvgIpc) is 3.52. The zero-order chi connectivity index (χ0) is 50.0. The molecule has 8 aromatic carbocycles. The monoisotopic (exact) mass is 928 g/mol. The van der Waals surface area contributed by atoms with E-state index in [4.69, 9.17) is 0 Å². The van der Waals surface area contributed by atoms with Crippen LogP contribution in [0.4, 0.5) is 51.2 Å². The first-order chi connectivity index (χ1) is 33.6. The third kappa shape index (κ3) is 7.90. The van der Waals surface area contributed by atoms with E-state index in [1.807, 2.05) is 0 Å². The summed E-state index contributed by atoms with van der Waals surface area (Å²) in [6.07, 6.45) is 1.09. The van der Waals surface area contributed by atoms with E-state index in [1.165, 1.54) is 83.8 Å². The fourth-order valence-corrected chi connectivity index (χ4v) is 12.3. The number of fused-ring (bicyclic) bond motifs is 5. The maximum absolute atomic E-state index is 2.68. The van der Waals surface area contributed by atoms with E-state index in [0.717, 1.165) is 29.2 Å². The van der Waals surface area contributed by atoms with E-state index >= 15 is 0 Å². The van der Waals surface area contributed by atoms with Crippen molar-refractivity contribution < 1.29 is 0 Å². The molecule has 4 heteroatoms. The highest BCUT2D eigenvalue weighted by molar-refractivity contribution is 7.00. The molecule has 0 unspecified atom stereocenters. The Hall–Kier alpha value is -6.78. The first-order valence-corrected chi connectivity index (χ1v) is 25.9. The molecule has 0 saturated heterocycles. The van der Waals surface area contributed by atoms with Crippen LogP contribution in [-0.4, -0.2) is 6.71 Å². The minimum Gasteiger partial charge on any atom is -0.311 e. The quantitative estimate of drug-likeness (QED) is 0.154. The molecule has 8 aromatic rings. The molecule has 71 heavy (non-hydrogen) atoms. The number of anilines is 9. The van der Waals surface area contributed by atoms with Crippen LogP contribution in [0.3, 0.4) is 0 Å². The highest BCUT2D eigenvalue weighted by Gasteiger charge is 2.49. The van der Waals surface area contributed by atoms with Gasteiger partial charge in [0.2, 0.25) is 0 Å². The molecule has 1 aliphatic carbocycles. The minimum atomic E-state index is -0.0556. The summed E-state index contributed by atoms with van der Waals surface area (Å²) in [5, 5.41) is 0. The third-order valence-electron chi connectivity index (χ3n) is 15.9. The lowest BCUT2D eigenvalue weighted by molar-refractivity contribution is 0.403. The maximum Gasteiger partial charge on any atom is 0.252 e. The lowest BCUT2D eigenvalue weighted by Gasteiger charge is -2.46.